The number of allylic oxidation sites excluding steroid dienone is 14. The maximum absolute atomic E-state index is 13.1. The zero-order valence-corrected chi connectivity index (χ0v) is 37.6. The van der Waals surface area contributed by atoms with Gasteiger partial charge < -0.3 is 20.3 Å². The van der Waals surface area contributed by atoms with Gasteiger partial charge >= 0.3 is 5.97 Å². The molecule has 332 valence electrons. The number of esters is 1. The van der Waals surface area contributed by atoms with Crippen molar-refractivity contribution in [2.45, 2.75) is 225 Å². The van der Waals surface area contributed by atoms with E-state index in [0.29, 0.717) is 19.3 Å². The van der Waals surface area contributed by atoms with Crippen molar-refractivity contribution >= 4 is 11.9 Å². The van der Waals surface area contributed by atoms with E-state index in [-0.39, 0.29) is 24.9 Å². The number of amides is 1. The minimum absolute atomic E-state index is 0.0194. The maximum Gasteiger partial charge on any atom is 0.306 e. The molecule has 0 aliphatic rings. The van der Waals surface area contributed by atoms with Crippen molar-refractivity contribution in [3.8, 4) is 0 Å². The molecule has 0 radical (unpaired) electrons. The lowest BCUT2D eigenvalue weighted by Crippen LogP contribution is -2.46. The lowest BCUT2D eigenvalue weighted by atomic mass is 10.0. The summed E-state index contributed by atoms with van der Waals surface area (Å²) < 4.78 is 5.87. The van der Waals surface area contributed by atoms with Gasteiger partial charge in [0, 0.05) is 6.42 Å². The van der Waals surface area contributed by atoms with Crippen molar-refractivity contribution in [2.24, 2.45) is 0 Å². The van der Waals surface area contributed by atoms with Crippen LogP contribution in [0.2, 0.25) is 0 Å². The molecular formula is C52H89NO5. The maximum atomic E-state index is 13.1. The Kier molecular flexibility index (Phi) is 42.8. The van der Waals surface area contributed by atoms with E-state index in [1.54, 1.807) is 0 Å². The first kappa shape index (κ1) is 55.0. The third kappa shape index (κ3) is 39.8. The molecule has 0 aliphatic heterocycles. The highest BCUT2D eigenvalue weighted by Crippen LogP contribution is 2.16. The van der Waals surface area contributed by atoms with E-state index in [1.165, 1.54) is 96.3 Å². The van der Waals surface area contributed by atoms with Gasteiger partial charge in [0.1, 0.15) is 6.10 Å². The van der Waals surface area contributed by atoms with Crippen LogP contribution < -0.4 is 5.32 Å². The van der Waals surface area contributed by atoms with Crippen LogP contribution >= 0.6 is 0 Å². The van der Waals surface area contributed by atoms with Gasteiger partial charge in [-0.2, -0.15) is 0 Å². The normalized spacial score (nSPS) is 14.1. The second-order valence-electron chi connectivity index (χ2n) is 15.9. The molecule has 0 aromatic heterocycles. The molecule has 0 fully saturated rings. The van der Waals surface area contributed by atoms with Crippen molar-refractivity contribution in [1.29, 1.82) is 0 Å². The van der Waals surface area contributed by atoms with Crippen molar-refractivity contribution in [2.75, 3.05) is 6.61 Å². The topological polar surface area (TPSA) is 95.9 Å². The summed E-state index contributed by atoms with van der Waals surface area (Å²) in [4.78, 5) is 26.0. The number of hydrogen-bond donors (Lipinski definition) is 3. The van der Waals surface area contributed by atoms with E-state index in [0.717, 1.165) is 64.2 Å². The number of ether oxygens (including phenoxy) is 1. The summed E-state index contributed by atoms with van der Waals surface area (Å²) in [6.45, 7) is 6.27. The van der Waals surface area contributed by atoms with Crippen molar-refractivity contribution in [3.05, 3.63) is 85.1 Å². The van der Waals surface area contributed by atoms with Crippen LogP contribution in [0, 0.1) is 0 Å². The number of carbonyl (C=O) groups is 2. The molecule has 3 atom stereocenters. The zero-order chi connectivity index (χ0) is 42.4. The van der Waals surface area contributed by atoms with E-state index in [1.807, 2.05) is 60.8 Å². The Morgan fingerprint density at radius 1 is 0.517 bits per heavy atom. The molecule has 58 heavy (non-hydrogen) atoms. The predicted octanol–water partition coefficient (Wildman–Crippen LogP) is 14.0. The first-order valence-corrected chi connectivity index (χ1v) is 23.9. The van der Waals surface area contributed by atoms with Crippen LogP contribution in [0.1, 0.15) is 207 Å². The van der Waals surface area contributed by atoms with Gasteiger partial charge in [0.05, 0.1) is 25.2 Å². The SMILES string of the molecule is CC\C=C/C=C/C=C/C=C\C=C\C=C\CCCC(CC(=O)NC(CO)C(O)CCCCCCCCCCCCCC)OC(=O)CCCCCCC/C=C\CCCCC. The van der Waals surface area contributed by atoms with E-state index < -0.39 is 18.2 Å². The molecule has 6 nitrogen and oxygen atoms in total. The van der Waals surface area contributed by atoms with Gasteiger partial charge in [-0.15, -0.1) is 0 Å². The Balaban J connectivity index is 4.78. The molecule has 0 saturated heterocycles. The standard InChI is InChI=1S/C52H89NO5/c1-4-7-10-13-16-19-22-25-26-27-28-31-34-37-40-43-48(58-52(57)45-42-39-36-33-30-24-21-18-15-12-9-6-3)46-51(56)53-49(47-54)50(55)44-41-38-35-32-29-23-20-17-14-11-8-5-2/h7,10,13,16,18-19,21-22,25-28,31,34,48-50,54-55H,4-6,8-9,11-12,14-15,17,20,23-24,29-30,32-33,35-47H2,1-3H3,(H,53,56)/b10-7-,16-13+,21-18-,22-19+,26-25-,28-27+,34-31+. The molecule has 3 N–H and O–H groups in total. The van der Waals surface area contributed by atoms with E-state index >= 15 is 0 Å². The van der Waals surface area contributed by atoms with Gasteiger partial charge in [0.15, 0.2) is 0 Å². The fourth-order valence-corrected chi connectivity index (χ4v) is 6.75. The molecule has 0 bridgehead atoms. The van der Waals surface area contributed by atoms with Crippen LogP contribution in [0.15, 0.2) is 85.1 Å². The fraction of sp³-hybridized carbons (Fsp3) is 0.692. The second-order valence-corrected chi connectivity index (χ2v) is 15.9. The molecule has 0 aliphatic carbocycles. The van der Waals surface area contributed by atoms with Gasteiger partial charge in [-0.3, -0.25) is 9.59 Å². The summed E-state index contributed by atoms with van der Waals surface area (Å²) in [6, 6.07) is -0.730. The minimum atomic E-state index is -0.811. The number of aliphatic hydroxyl groups excluding tert-OH is 2. The number of nitrogens with one attached hydrogen (secondary N) is 1. The summed E-state index contributed by atoms with van der Waals surface area (Å²) in [6.07, 6.45) is 57.8. The number of hydrogen-bond acceptors (Lipinski definition) is 5. The zero-order valence-electron chi connectivity index (χ0n) is 37.6. The molecule has 0 aromatic carbocycles. The summed E-state index contributed by atoms with van der Waals surface area (Å²) in [5.41, 5.74) is 0. The van der Waals surface area contributed by atoms with Gasteiger partial charge in [-0.1, -0.05) is 215 Å². The van der Waals surface area contributed by atoms with Crippen LogP contribution in [0.25, 0.3) is 0 Å². The van der Waals surface area contributed by atoms with Crippen LogP contribution in [0.5, 0.6) is 0 Å². The Morgan fingerprint density at radius 2 is 0.966 bits per heavy atom. The van der Waals surface area contributed by atoms with Crippen LogP contribution in [0.3, 0.4) is 0 Å². The third-order valence-corrected chi connectivity index (χ3v) is 10.4. The monoisotopic (exact) mass is 808 g/mol. The molecule has 1 amide bonds. The van der Waals surface area contributed by atoms with Crippen molar-refractivity contribution in [3.63, 3.8) is 0 Å². The summed E-state index contributed by atoms with van der Waals surface area (Å²) in [5, 5.41) is 23.7. The fourth-order valence-electron chi connectivity index (χ4n) is 6.75. The number of unbranched alkanes of at least 4 members (excludes halogenated alkanes) is 20. The first-order valence-electron chi connectivity index (χ1n) is 23.9. The predicted molar refractivity (Wildman–Crippen MR) is 250 cm³/mol. The highest BCUT2D eigenvalue weighted by Gasteiger charge is 2.24. The first-order chi connectivity index (χ1) is 28.5. The Morgan fingerprint density at radius 3 is 1.52 bits per heavy atom. The summed E-state index contributed by atoms with van der Waals surface area (Å²) in [5.74, 6) is -0.567. The lowest BCUT2D eigenvalue weighted by molar-refractivity contribution is -0.151. The van der Waals surface area contributed by atoms with Crippen LogP contribution in [-0.4, -0.2) is 46.9 Å². The lowest BCUT2D eigenvalue weighted by Gasteiger charge is -2.24. The van der Waals surface area contributed by atoms with Crippen molar-refractivity contribution < 1.29 is 24.5 Å². The Labute approximate surface area is 357 Å². The van der Waals surface area contributed by atoms with E-state index in [9.17, 15) is 19.8 Å². The van der Waals surface area contributed by atoms with Gasteiger partial charge in [-0.25, -0.2) is 0 Å². The Hall–Kier alpha value is -2.96. The van der Waals surface area contributed by atoms with Gasteiger partial charge in [-0.05, 0) is 64.2 Å². The van der Waals surface area contributed by atoms with E-state index in [4.69, 9.17) is 4.74 Å². The molecule has 6 heteroatoms. The largest absolute Gasteiger partial charge is 0.462 e. The number of aliphatic hydroxyl groups is 2. The molecule has 3 unspecified atom stereocenters. The van der Waals surface area contributed by atoms with Gasteiger partial charge in [0.25, 0.3) is 0 Å². The molecule has 0 saturated carbocycles. The second kappa shape index (κ2) is 45.1. The summed E-state index contributed by atoms with van der Waals surface area (Å²) >= 11 is 0. The van der Waals surface area contributed by atoms with Crippen molar-refractivity contribution in [1.82, 2.24) is 5.32 Å². The average Bonchev–Trinajstić information content (AvgIpc) is 3.22. The Bertz CT molecular complexity index is 1130. The third-order valence-electron chi connectivity index (χ3n) is 10.4. The van der Waals surface area contributed by atoms with Gasteiger partial charge in [0.2, 0.25) is 5.91 Å². The highest BCUT2D eigenvalue weighted by atomic mass is 16.5. The quantitative estimate of drug-likeness (QED) is 0.0247. The highest BCUT2D eigenvalue weighted by molar-refractivity contribution is 5.77. The smallest absolute Gasteiger partial charge is 0.306 e. The molecule has 0 rings (SSSR count). The molecule has 0 heterocycles. The summed E-state index contributed by atoms with van der Waals surface area (Å²) in [7, 11) is 0. The average molecular weight is 808 g/mol. The molecule has 0 spiro atoms. The van der Waals surface area contributed by atoms with E-state index in [2.05, 4.69) is 50.4 Å². The van der Waals surface area contributed by atoms with Crippen LogP contribution in [-0.2, 0) is 14.3 Å². The molecule has 0 aromatic rings. The molecular weight excluding hydrogens is 719 g/mol. The number of carbonyl (C=O) groups excluding carboxylic acids is 2. The minimum Gasteiger partial charge on any atom is -0.462 e. The van der Waals surface area contributed by atoms with Crippen LogP contribution in [0.4, 0.5) is 0 Å². The number of rotatable bonds is 41.